The topological polar surface area (TPSA) is 39.7 Å². The van der Waals surface area contributed by atoms with E-state index in [0.29, 0.717) is 13.2 Å². The summed E-state index contributed by atoms with van der Waals surface area (Å²) in [5, 5.41) is 3.41. The van der Waals surface area contributed by atoms with Gasteiger partial charge in [0.05, 0.1) is 13.2 Å². The third kappa shape index (κ3) is 2.95. The van der Waals surface area contributed by atoms with Gasteiger partial charge in [-0.1, -0.05) is 0 Å². The SMILES string of the molecule is CCOc1cc(OCC)c2c(c1)OC1(CCNCC1)CC2. The van der Waals surface area contributed by atoms with E-state index in [1.54, 1.807) is 0 Å². The maximum atomic E-state index is 6.43. The van der Waals surface area contributed by atoms with E-state index in [4.69, 9.17) is 14.2 Å². The second-order valence-electron chi connectivity index (χ2n) is 5.80. The Morgan fingerprint density at radius 1 is 1.10 bits per heavy atom. The molecule has 2 heterocycles. The fourth-order valence-corrected chi connectivity index (χ4v) is 3.34. The van der Waals surface area contributed by atoms with Gasteiger partial charge in [-0.3, -0.25) is 0 Å². The molecule has 1 aromatic rings. The number of fused-ring (bicyclic) bond motifs is 1. The number of hydrogen-bond donors (Lipinski definition) is 1. The van der Waals surface area contributed by atoms with Crippen molar-refractivity contribution in [3.63, 3.8) is 0 Å². The molecule has 0 aliphatic carbocycles. The predicted octanol–water partition coefficient (Wildman–Crippen LogP) is 2.93. The molecule has 0 aromatic heterocycles. The Bertz CT molecular complexity index is 495. The molecule has 4 nitrogen and oxygen atoms in total. The zero-order valence-corrected chi connectivity index (χ0v) is 13.0. The first-order valence-electron chi connectivity index (χ1n) is 8.08. The number of piperidine rings is 1. The van der Waals surface area contributed by atoms with E-state index in [-0.39, 0.29) is 5.60 Å². The van der Waals surface area contributed by atoms with Crippen LogP contribution in [0.1, 0.15) is 38.7 Å². The molecule has 0 amide bonds. The van der Waals surface area contributed by atoms with Crippen LogP contribution in [0, 0.1) is 0 Å². The zero-order chi connectivity index (χ0) is 14.7. The van der Waals surface area contributed by atoms with Crippen LogP contribution in [0.4, 0.5) is 0 Å². The lowest BCUT2D eigenvalue weighted by atomic mass is 9.83. The summed E-state index contributed by atoms with van der Waals surface area (Å²) in [4.78, 5) is 0. The summed E-state index contributed by atoms with van der Waals surface area (Å²) in [6.45, 7) is 7.40. The monoisotopic (exact) mass is 291 g/mol. The molecule has 2 aliphatic rings. The molecule has 2 aliphatic heterocycles. The number of ether oxygens (including phenoxy) is 3. The van der Waals surface area contributed by atoms with Crippen molar-refractivity contribution in [2.75, 3.05) is 26.3 Å². The summed E-state index contributed by atoms with van der Waals surface area (Å²) in [6, 6.07) is 4.03. The van der Waals surface area contributed by atoms with Gasteiger partial charge in [-0.15, -0.1) is 0 Å². The molecule has 1 saturated heterocycles. The van der Waals surface area contributed by atoms with Crippen LogP contribution in [-0.4, -0.2) is 31.9 Å². The first-order chi connectivity index (χ1) is 10.3. The molecule has 0 saturated carbocycles. The van der Waals surface area contributed by atoms with Gasteiger partial charge in [-0.05, 0) is 52.6 Å². The summed E-state index contributed by atoms with van der Waals surface area (Å²) in [5.41, 5.74) is 1.21. The van der Waals surface area contributed by atoms with Crippen LogP contribution in [0.5, 0.6) is 17.2 Å². The molecule has 4 heteroatoms. The first kappa shape index (κ1) is 14.5. The van der Waals surface area contributed by atoms with Gasteiger partial charge in [0, 0.05) is 17.7 Å². The minimum Gasteiger partial charge on any atom is -0.494 e. The smallest absolute Gasteiger partial charge is 0.130 e. The average molecular weight is 291 g/mol. The Balaban J connectivity index is 1.91. The maximum Gasteiger partial charge on any atom is 0.130 e. The van der Waals surface area contributed by atoms with Crippen molar-refractivity contribution in [1.29, 1.82) is 0 Å². The minimum atomic E-state index is 0.00652. The van der Waals surface area contributed by atoms with Gasteiger partial charge < -0.3 is 19.5 Å². The lowest BCUT2D eigenvalue weighted by molar-refractivity contribution is 0.0160. The van der Waals surface area contributed by atoms with Crippen molar-refractivity contribution in [2.24, 2.45) is 0 Å². The Morgan fingerprint density at radius 2 is 1.86 bits per heavy atom. The molecule has 1 N–H and O–H groups in total. The van der Waals surface area contributed by atoms with E-state index >= 15 is 0 Å². The lowest BCUT2D eigenvalue weighted by Gasteiger charge is -2.42. The quantitative estimate of drug-likeness (QED) is 0.926. The van der Waals surface area contributed by atoms with Crippen LogP contribution in [0.25, 0.3) is 0 Å². The molecule has 1 fully saturated rings. The van der Waals surface area contributed by atoms with Gasteiger partial charge in [0.25, 0.3) is 0 Å². The average Bonchev–Trinajstić information content (AvgIpc) is 2.48. The predicted molar refractivity (Wildman–Crippen MR) is 82.6 cm³/mol. The molecule has 0 atom stereocenters. The molecule has 3 rings (SSSR count). The van der Waals surface area contributed by atoms with Gasteiger partial charge in [0.15, 0.2) is 0 Å². The van der Waals surface area contributed by atoms with Crippen molar-refractivity contribution in [2.45, 2.75) is 45.1 Å². The third-order valence-corrected chi connectivity index (χ3v) is 4.42. The zero-order valence-electron chi connectivity index (χ0n) is 13.0. The number of benzene rings is 1. The van der Waals surface area contributed by atoms with E-state index < -0.39 is 0 Å². The minimum absolute atomic E-state index is 0.00652. The van der Waals surface area contributed by atoms with Crippen LogP contribution in [0.3, 0.4) is 0 Å². The summed E-state index contributed by atoms with van der Waals surface area (Å²) >= 11 is 0. The van der Waals surface area contributed by atoms with E-state index in [1.165, 1.54) is 5.56 Å². The highest BCUT2D eigenvalue weighted by atomic mass is 16.5. The fourth-order valence-electron chi connectivity index (χ4n) is 3.34. The van der Waals surface area contributed by atoms with Gasteiger partial charge in [0.2, 0.25) is 0 Å². The van der Waals surface area contributed by atoms with E-state index in [2.05, 4.69) is 5.32 Å². The Labute approximate surface area is 126 Å². The van der Waals surface area contributed by atoms with Gasteiger partial charge >= 0.3 is 0 Å². The van der Waals surface area contributed by atoms with Gasteiger partial charge in [0.1, 0.15) is 22.8 Å². The van der Waals surface area contributed by atoms with Crippen LogP contribution >= 0.6 is 0 Å². The molecule has 0 unspecified atom stereocenters. The summed E-state index contributed by atoms with van der Waals surface area (Å²) in [5.74, 6) is 2.71. The molecule has 1 spiro atoms. The van der Waals surface area contributed by atoms with E-state index in [9.17, 15) is 0 Å². The molecular formula is C17H25NO3. The van der Waals surface area contributed by atoms with Crippen molar-refractivity contribution < 1.29 is 14.2 Å². The van der Waals surface area contributed by atoms with Crippen LogP contribution < -0.4 is 19.5 Å². The largest absolute Gasteiger partial charge is 0.494 e. The maximum absolute atomic E-state index is 6.43. The van der Waals surface area contributed by atoms with Crippen LogP contribution in [0.2, 0.25) is 0 Å². The van der Waals surface area contributed by atoms with Crippen molar-refractivity contribution in [3.8, 4) is 17.2 Å². The van der Waals surface area contributed by atoms with E-state index in [0.717, 1.165) is 56.0 Å². The third-order valence-electron chi connectivity index (χ3n) is 4.42. The molecule has 21 heavy (non-hydrogen) atoms. The molecule has 0 bridgehead atoms. The highest BCUT2D eigenvalue weighted by Gasteiger charge is 2.38. The summed E-state index contributed by atoms with van der Waals surface area (Å²) in [6.07, 6.45) is 4.26. The Kier molecular flexibility index (Phi) is 4.24. The second-order valence-corrected chi connectivity index (χ2v) is 5.80. The highest BCUT2D eigenvalue weighted by molar-refractivity contribution is 5.52. The molecule has 116 valence electrons. The van der Waals surface area contributed by atoms with E-state index in [1.807, 2.05) is 26.0 Å². The van der Waals surface area contributed by atoms with Crippen molar-refractivity contribution in [3.05, 3.63) is 17.7 Å². The Morgan fingerprint density at radius 3 is 2.57 bits per heavy atom. The summed E-state index contributed by atoms with van der Waals surface area (Å²) < 4.78 is 17.9. The molecule has 0 radical (unpaired) electrons. The molecule has 1 aromatic carbocycles. The standard InChI is InChI=1S/C17H25NO3/c1-3-19-13-11-15(20-4-2)14-5-6-17(21-16(14)12-13)7-9-18-10-8-17/h11-12,18H,3-10H2,1-2H3. The number of rotatable bonds is 4. The molecular weight excluding hydrogens is 266 g/mol. The highest BCUT2D eigenvalue weighted by Crippen LogP contribution is 2.44. The number of hydrogen-bond acceptors (Lipinski definition) is 4. The summed E-state index contributed by atoms with van der Waals surface area (Å²) in [7, 11) is 0. The normalized spacial score (nSPS) is 19.7. The van der Waals surface area contributed by atoms with Crippen molar-refractivity contribution >= 4 is 0 Å². The number of nitrogens with one attached hydrogen (secondary N) is 1. The van der Waals surface area contributed by atoms with Crippen LogP contribution in [0.15, 0.2) is 12.1 Å². The van der Waals surface area contributed by atoms with Gasteiger partial charge in [-0.25, -0.2) is 0 Å². The fraction of sp³-hybridized carbons (Fsp3) is 0.647. The first-order valence-corrected chi connectivity index (χ1v) is 8.08. The lowest BCUT2D eigenvalue weighted by Crippen LogP contribution is -2.48. The van der Waals surface area contributed by atoms with Crippen LogP contribution in [-0.2, 0) is 6.42 Å². The second kappa shape index (κ2) is 6.14. The van der Waals surface area contributed by atoms with Gasteiger partial charge in [-0.2, -0.15) is 0 Å². The Hall–Kier alpha value is -1.42. The van der Waals surface area contributed by atoms with Crippen molar-refractivity contribution in [1.82, 2.24) is 5.32 Å².